The van der Waals surface area contributed by atoms with Gasteiger partial charge in [-0.15, -0.1) is 0 Å². The Morgan fingerprint density at radius 1 is 0.298 bits per heavy atom. The van der Waals surface area contributed by atoms with E-state index in [1.807, 2.05) is 66.7 Å². The first kappa shape index (κ1) is 45.8. The molecular formula is C45H61NO11. The third-order valence-corrected chi connectivity index (χ3v) is 8.44. The molecule has 0 saturated heterocycles. The molecule has 0 saturated carbocycles. The van der Waals surface area contributed by atoms with Gasteiger partial charge in [0.05, 0.1) is 126 Å². The van der Waals surface area contributed by atoms with Gasteiger partial charge in [0, 0.05) is 5.69 Å². The number of hydrogen-bond acceptors (Lipinski definition) is 12. The van der Waals surface area contributed by atoms with E-state index >= 15 is 0 Å². The number of hydrogen-bond donors (Lipinski definition) is 1. The van der Waals surface area contributed by atoms with Crippen LogP contribution in [0.25, 0.3) is 0 Å². The van der Waals surface area contributed by atoms with Crippen molar-refractivity contribution in [1.82, 2.24) is 0 Å². The summed E-state index contributed by atoms with van der Waals surface area (Å²) < 4.78 is 62.5. The molecule has 0 aliphatic rings. The first-order valence-electron chi connectivity index (χ1n) is 19.8. The van der Waals surface area contributed by atoms with Gasteiger partial charge in [0.25, 0.3) is 0 Å². The van der Waals surface area contributed by atoms with E-state index in [0.29, 0.717) is 138 Å². The number of rotatable bonds is 35. The van der Waals surface area contributed by atoms with Gasteiger partial charge in [-0.3, -0.25) is 0 Å². The highest BCUT2D eigenvalue weighted by Crippen LogP contribution is 2.40. The van der Waals surface area contributed by atoms with E-state index in [-0.39, 0.29) is 0 Å². The molecule has 4 aromatic carbocycles. The van der Waals surface area contributed by atoms with Crippen molar-refractivity contribution >= 4 is 5.69 Å². The maximum absolute atomic E-state index is 6.73. The summed E-state index contributed by atoms with van der Waals surface area (Å²) in [6, 6.07) is 38.3. The normalized spacial score (nSPS) is 11.6. The highest BCUT2D eigenvalue weighted by atomic mass is 16.6. The summed E-state index contributed by atoms with van der Waals surface area (Å²) in [5.41, 5.74) is 8.81. The SMILES string of the molecule is Nc1ccc(OCCOCCOCCOCCOCCOCCOCCOCCOCCOCCOC(c2ccccc2)(c2ccccc2)c2ccccc2)cc1. The van der Waals surface area contributed by atoms with Crippen molar-refractivity contribution in [1.29, 1.82) is 0 Å². The lowest BCUT2D eigenvalue weighted by molar-refractivity contribution is -0.0399. The molecule has 12 heteroatoms. The minimum Gasteiger partial charge on any atom is -0.491 e. The lowest BCUT2D eigenvalue weighted by Gasteiger charge is -2.36. The van der Waals surface area contributed by atoms with Gasteiger partial charge in [-0.2, -0.15) is 0 Å². The van der Waals surface area contributed by atoms with Crippen molar-refractivity contribution < 1.29 is 52.1 Å². The van der Waals surface area contributed by atoms with Crippen molar-refractivity contribution in [2.45, 2.75) is 5.60 Å². The van der Waals surface area contributed by atoms with Crippen LogP contribution in [-0.4, -0.2) is 132 Å². The zero-order chi connectivity index (χ0) is 39.7. The lowest BCUT2D eigenvalue weighted by atomic mass is 9.80. The monoisotopic (exact) mass is 791 g/mol. The Bertz CT molecular complexity index is 1400. The number of ether oxygens (including phenoxy) is 11. The van der Waals surface area contributed by atoms with E-state index < -0.39 is 5.60 Å². The molecule has 57 heavy (non-hydrogen) atoms. The van der Waals surface area contributed by atoms with Crippen LogP contribution in [0.2, 0.25) is 0 Å². The van der Waals surface area contributed by atoms with Gasteiger partial charge < -0.3 is 57.8 Å². The van der Waals surface area contributed by atoms with Gasteiger partial charge in [-0.1, -0.05) is 91.0 Å². The number of nitrogens with two attached hydrogens (primary N) is 1. The summed E-state index contributed by atoms with van der Waals surface area (Å²) in [5.74, 6) is 0.770. The fourth-order valence-electron chi connectivity index (χ4n) is 5.67. The van der Waals surface area contributed by atoms with Crippen molar-refractivity contribution in [3.05, 3.63) is 132 Å². The minimum absolute atomic E-state index is 0.414. The van der Waals surface area contributed by atoms with Gasteiger partial charge >= 0.3 is 0 Å². The average Bonchev–Trinajstić information content (AvgIpc) is 3.26. The molecule has 4 rings (SSSR count). The van der Waals surface area contributed by atoms with E-state index in [4.69, 9.17) is 57.8 Å². The van der Waals surface area contributed by atoms with E-state index in [1.54, 1.807) is 12.1 Å². The zero-order valence-electron chi connectivity index (χ0n) is 33.2. The van der Waals surface area contributed by atoms with Crippen molar-refractivity contribution in [3.63, 3.8) is 0 Å². The van der Waals surface area contributed by atoms with Crippen LogP contribution in [0.4, 0.5) is 5.69 Å². The van der Waals surface area contributed by atoms with Crippen molar-refractivity contribution in [2.24, 2.45) is 0 Å². The van der Waals surface area contributed by atoms with Crippen LogP contribution in [0.1, 0.15) is 16.7 Å². The molecule has 312 valence electrons. The van der Waals surface area contributed by atoms with E-state index in [2.05, 4.69) is 36.4 Å². The first-order chi connectivity index (χ1) is 28.3. The van der Waals surface area contributed by atoms with Gasteiger partial charge in [-0.05, 0) is 41.0 Å². The molecular weight excluding hydrogens is 730 g/mol. The molecule has 0 amide bonds. The highest BCUT2D eigenvalue weighted by Gasteiger charge is 2.37. The quantitative estimate of drug-likeness (QED) is 0.0344. The predicted molar refractivity (Wildman–Crippen MR) is 219 cm³/mol. The Morgan fingerprint density at radius 3 is 0.860 bits per heavy atom. The molecule has 4 aromatic rings. The second kappa shape index (κ2) is 30.2. The van der Waals surface area contributed by atoms with Gasteiger partial charge in [0.2, 0.25) is 0 Å². The fourth-order valence-corrected chi connectivity index (χ4v) is 5.67. The smallest absolute Gasteiger partial charge is 0.143 e. The van der Waals surface area contributed by atoms with Crippen molar-refractivity contribution in [2.75, 3.05) is 138 Å². The molecule has 0 aliphatic heterocycles. The number of nitrogen functional groups attached to an aromatic ring is 1. The van der Waals surface area contributed by atoms with Crippen LogP contribution in [0.5, 0.6) is 5.75 Å². The maximum atomic E-state index is 6.73. The third kappa shape index (κ3) is 18.9. The third-order valence-electron chi connectivity index (χ3n) is 8.44. The first-order valence-corrected chi connectivity index (χ1v) is 19.8. The van der Waals surface area contributed by atoms with Crippen molar-refractivity contribution in [3.8, 4) is 5.75 Å². The average molecular weight is 792 g/mol. The largest absolute Gasteiger partial charge is 0.491 e. The Hall–Kier alpha value is -3.92. The highest BCUT2D eigenvalue weighted by molar-refractivity contribution is 5.47. The summed E-state index contributed by atoms with van der Waals surface area (Å²) in [4.78, 5) is 0. The lowest BCUT2D eigenvalue weighted by Crippen LogP contribution is -2.34. The summed E-state index contributed by atoms with van der Waals surface area (Å²) in [6.07, 6.45) is 0. The van der Waals surface area contributed by atoms with Gasteiger partial charge in [0.15, 0.2) is 0 Å². The van der Waals surface area contributed by atoms with E-state index in [0.717, 1.165) is 22.4 Å². The molecule has 0 aromatic heterocycles. The Kier molecular flexibility index (Phi) is 24.3. The second-order valence-electron chi connectivity index (χ2n) is 12.6. The van der Waals surface area contributed by atoms with Crippen LogP contribution in [-0.2, 0) is 53.0 Å². The van der Waals surface area contributed by atoms with Crippen LogP contribution in [0.3, 0.4) is 0 Å². The number of benzene rings is 4. The number of anilines is 1. The summed E-state index contributed by atoms with van der Waals surface area (Å²) in [7, 11) is 0. The summed E-state index contributed by atoms with van der Waals surface area (Å²) >= 11 is 0. The van der Waals surface area contributed by atoms with E-state index in [9.17, 15) is 0 Å². The standard InChI is InChI=1S/C45H61NO11/c46-43-16-18-44(19-17-43)56-38-36-54-34-32-52-30-28-50-26-24-48-22-20-47-21-23-49-25-27-51-29-31-53-33-35-55-37-39-57-45(40-10-4-1-5-11-40,41-12-6-2-7-13-41)42-14-8-3-9-15-42/h1-19H,20-39,46H2. The fraction of sp³-hybridized carbons (Fsp3) is 0.467. The second-order valence-corrected chi connectivity index (χ2v) is 12.6. The molecule has 0 unspecified atom stereocenters. The molecule has 12 nitrogen and oxygen atoms in total. The van der Waals surface area contributed by atoms with Crippen LogP contribution >= 0.6 is 0 Å². The van der Waals surface area contributed by atoms with Crippen LogP contribution in [0, 0.1) is 0 Å². The van der Waals surface area contributed by atoms with Crippen LogP contribution in [0.15, 0.2) is 115 Å². The Labute approximate surface area is 338 Å². The summed E-state index contributed by atoms with van der Waals surface area (Å²) in [5, 5.41) is 0. The molecule has 0 fully saturated rings. The molecule has 0 heterocycles. The molecule has 0 radical (unpaired) electrons. The molecule has 0 bridgehead atoms. The van der Waals surface area contributed by atoms with Crippen LogP contribution < -0.4 is 10.5 Å². The summed E-state index contributed by atoms with van der Waals surface area (Å²) in [6.45, 7) is 9.73. The molecule has 0 spiro atoms. The topological polar surface area (TPSA) is 128 Å². The minimum atomic E-state index is -0.754. The van der Waals surface area contributed by atoms with Gasteiger partial charge in [-0.25, -0.2) is 0 Å². The molecule has 2 N–H and O–H groups in total. The molecule has 0 atom stereocenters. The van der Waals surface area contributed by atoms with E-state index in [1.165, 1.54) is 0 Å². The Morgan fingerprint density at radius 2 is 0.561 bits per heavy atom. The Balaban J connectivity index is 0.867. The molecule has 0 aliphatic carbocycles. The van der Waals surface area contributed by atoms with Gasteiger partial charge in [0.1, 0.15) is 18.0 Å². The predicted octanol–water partition coefficient (Wildman–Crippen LogP) is 5.81. The zero-order valence-corrected chi connectivity index (χ0v) is 33.2. The maximum Gasteiger partial charge on any atom is 0.143 e.